The molecular formula is C23H18N4O2S2. The second kappa shape index (κ2) is 8.49. The average molecular weight is 447 g/mol. The highest BCUT2D eigenvalue weighted by Gasteiger charge is 2.28. The molecule has 0 aliphatic carbocycles. The molecule has 3 aromatic carbocycles. The van der Waals surface area contributed by atoms with Gasteiger partial charge in [-0.3, -0.25) is 14.8 Å². The minimum atomic E-state index is -0.0196. The van der Waals surface area contributed by atoms with Crippen molar-refractivity contribution in [2.75, 3.05) is 17.8 Å². The zero-order valence-corrected chi connectivity index (χ0v) is 18.2. The van der Waals surface area contributed by atoms with Crippen molar-refractivity contribution in [3.05, 3.63) is 72.8 Å². The van der Waals surface area contributed by atoms with Crippen molar-refractivity contribution in [3.8, 4) is 17.1 Å². The van der Waals surface area contributed by atoms with Crippen LogP contribution in [0.5, 0.6) is 5.75 Å². The van der Waals surface area contributed by atoms with Crippen LogP contribution >= 0.6 is 23.5 Å². The van der Waals surface area contributed by atoms with E-state index in [4.69, 9.17) is 4.74 Å². The van der Waals surface area contributed by atoms with Crippen molar-refractivity contribution in [3.63, 3.8) is 0 Å². The first-order chi connectivity index (χ1) is 15.2. The number of rotatable bonds is 5. The Kier molecular flexibility index (Phi) is 5.40. The summed E-state index contributed by atoms with van der Waals surface area (Å²) in [7, 11) is 1.62. The molecule has 154 valence electrons. The number of nitrogens with one attached hydrogen (secondary N) is 1. The number of carbonyl (C=O) groups is 1. The Morgan fingerprint density at radius 1 is 1.00 bits per heavy atom. The lowest BCUT2D eigenvalue weighted by Crippen LogP contribution is -2.30. The van der Waals surface area contributed by atoms with Gasteiger partial charge >= 0.3 is 0 Å². The first-order valence-corrected chi connectivity index (χ1v) is 11.4. The van der Waals surface area contributed by atoms with Crippen LogP contribution in [0.1, 0.15) is 0 Å². The molecule has 1 aromatic heterocycles. The summed E-state index contributed by atoms with van der Waals surface area (Å²) in [5.41, 5.74) is 2.63. The summed E-state index contributed by atoms with van der Waals surface area (Å²) >= 11 is 2.99. The topological polar surface area (TPSA) is 71.1 Å². The minimum absolute atomic E-state index is 0.0196. The summed E-state index contributed by atoms with van der Waals surface area (Å²) in [5, 5.41) is 7.73. The lowest BCUT2D eigenvalue weighted by molar-refractivity contribution is -0.115. The van der Waals surface area contributed by atoms with Gasteiger partial charge in [-0.15, -0.1) is 5.10 Å². The number of nitrogens with zero attached hydrogens (tertiary/aromatic N) is 3. The Morgan fingerprint density at radius 3 is 2.35 bits per heavy atom. The van der Waals surface area contributed by atoms with Gasteiger partial charge in [0.1, 0.15) is 5.75 Å². The van der Waals surface area contributed by atoms with E-state index >= 15 is 0 Å². The predicted octanol–water partition coefficient (Wildman–Crippen LogP) is 5.40. The van der Waals surface area contributed by atoms with Crippen LogP contribution in [0.15, 0.2) is 87.7 Å². The fourth-order valence-corrected chi connectivity index (χ4v) is 5.14. The Bertz CT molecular complexity index is 1210. The highest BCUT2D eigenvalue weighted by Crippen LogP contribution is 2.48. The number of ether oxygens (including phenoxy) is 1. The van der Waals surface area contributed by atoms with Crippen molar-refractivity contribution < 1.29 is 9.53 Å². The molecule has 0 bridgehead atoms. The lowest BCUT2D eigenvalue weighted by Gasteiger charge is -2.30. The van der Waals surface area contributed by atoms with Gasteiger partial charge < -0.3 is 4.74 Å². The number of anilines is 2. The summed E-state index contributed by atoms with van der Waals surface area (Å²) in [6, 6.07) is 23.5. The maximum Gasteiger partial charge on any atom is 0.242 e. The van der Waals surface area contributed by atoms with Gasteiger partial charge in [0.2, 0.25) is 11.1 Å². The number of fused-ring (bicyclic) bond motifs is 2. The predicted molar refractivity (Wildman–Crippen MR) is 123 cm³/mol. The number of aromatic amines is 1. The Hall–Kier alpha value is -3.23. The van der Waals surface area contributed by atoms with E-state index in [9.17, 15) is 4.79 Å². The third-order valence-corrected chi connectivity index (χ3v) is 6.80. The van der Waals surface area contributed by atoms with Gasteiger partial charge in [-0.25, -0.2) is 4.98 Å². The maximum absolute atomic E-state index is 13.3. The second-order valence-corrected chi connectivity index (χ2v) is 8.75. The first kappa shape index (κ1) is 19.7. The number of hydrogen-bond donors (Lipinski definition) is 1. The largest absolute Gasteiger partial charge is 0.496 e. The SMILES string of the molecule is COc1ccccc1-c1nc(SCC(=O)N2c3ccccc3Sc3ccccc32)n[nH]1. The number of thioether (sulfide) groups is 1. The normalized spacial score (nSPS) is 12.2. The zero-order valence-electron chi connectivity index (χ0n) is 16.6. The number of hydrogen-bond acceptors (Lipinski definition) is 6. The number of amides is 1. The quantitative estimate of drug-likeness (QED) is 0.414. The number of aromatic nitrogens is 3. The van der Waals surface area contributed by atoms with Crippen molar-refractivity contribution in [2.45, 2.75) is 14.9 Å². The molecule has 6 nitrogen and oxygen atoms in total. The van der Waals surface area contributed by atoms with E-state index in [0.717, 1.165) is 26.7 Å². The van der Waals surface area contributed by atoms with Crippen LogP contribution < -0.4 is 9.64 Å². The summed E-state index contributed by atoms with van der Waals surface area (Å²) in [6.45, 7) is 0. The van der Waals surface area contributed by atoms with Gasteiger partial charge in [0.25, 0.3) is 0 Å². The molecular weight excluding hydrogens is 428 g/mol. The number of H-pyrrole nitrogens is 1. The molecule has 0 fully saturated rings. The molecule has 0 saturated carbocycles. The molecule has 4 aromatic rings. The molecule has 1 aliphatic heterocycles. The van der Waals surface area contributed by atoms with E-state index in [2.05, 4.69) is 15.2 Å². The molecule has 0 radical (unpaired) electrons. The van der Waals surface area contributed by atoms with E-state index in [-0.39, 0.29) is 11.7 Å². The van der Waals surface area contributed by atoms with Gasteiger partial charge in [-0.2, -0.15) is 0 Å². The van der Waals surface area contributed by atoms with Crippen molar-refractivity contribution in [1.29, 1.82) is 0 Å². The lowest BCUT2D eigenvalue weighted by atomic mass is 10.2. The van der Waals surface area contributed by atoms with Gasteiger partial charge in [0, 0.05) is 9.79 Å². The van der Waals surface area contributed by atoms with Crippen LogP contribution in [0.25, 0.3) is 11.4 Å². The van der Waals surface area contributed by atoms with E-state index in [1.165, 1.54) is 11.8 Å². The Morgan fingerprint density at radius 2 is 1.65 bits per heavy atom. The summed E-state index contributed by atoms with van der Waals surface area (Å²) in [4.78, 5) is 21.7. The van der Waals surface area contributed by atoms with E-state index in [0.29, 0.717) is 16.7 Å². The Labute approximate surface area is 188 Å². The molecule has 1 amide bonds. The molecule has 5 rings (SSSR count). The van der Waals surface area contributed by atoms with Crippen LogP contribution in [0.3, 0.4) is 0 Å². The molecule has 0 unspecified atom stereocenters. The monoisotopic (exact) mass is 446 g/mol. The molecule has 0 atom stereocenters. The number of methoxy groups -OCH3 is 1. The van der Waals surface area contributed by atoms with Crippen molar-refractivity contribution in [1.82, 2.24) is 15.2 Å². The molecule has 8 heteroatoms. The van der Waals surface area contributed by atoms with Crippen LogP contribution in [0.4, 0.5) is 11.4 Å². The van der Waals surface area contributed by atoms with Gasteiger partial charge in [-0.1, -0.05) is 59.9 Å². The van der Waals surface area contributed by atoms with E-state index < -0.39 is 0 Å². The summed E-state index contributed by atoms with van der Waals surface area (Å²) in [5.74, 6) is 1.52. The van der Waals surface area contributed by atoms with Crippen LogP contribution in [0.2, 0.25) is 0 Å². The number of para-hydroxylation sites is 3. The Balaban J connectivity index is 1.37. The first-order valence-electron chi connectivity index (χ1n) is 9.62. The molecule has 2 heterocycles. The molecule has 0 spiro atoms. The zero-order chi connectivity index (χ0) is 21.2. The highest BCUT2D eigenvalue weighted by molar-refractivity contribution is 8.00. The molecule has 1 N–H and O–H groups in total. The van der Waals surface area contributed by atoms with Crippen molar-refractivity contribution in [2.24, 2.45) is 0 Å². The number of carbonyl (C=O) groups excluding carboxylic acids is 1. The van der Waals surface area contributed by atoms with Gasteiger partial charge in [-0.05, 0) is 36.4 Å². The third-order valence-electron chi connectivity index (χ3n) is 4.83. The minimum Gasteiger partial charge on any atom is -0.496 e. The fourth-order valence-electron chi connectivity index (χ4n) is 3.44. The summed E-state index contributed by atoms with van der Waals surface area (Å²) in [6.07, 6.45) is 0. The smallest absolute Gasteiger partial charge is 0.242 e. The molecule has 31 heavy (non-hydrogen) atoms. The van der Waals surface area contributed by atoms with Crippen molar-refractivity contribution >= 4 is 40.8 Å². The highest BCUT2D eigenvalue weighted by atomic mass is 32.2. The van der Waals surface area contributed by atoms with Gasteiger partial charge in [0.15, 0.2) is 5.82 Å². The fraction of sp³-hybridized carbons (Fsp3) is 0.0870. The van der Waals surface area contributed by atoms with Gasteiger partial charge in [0.05, 0.1) is 29.8 Å². The van der Waals surface area contributed by atoms with E-state index in [1.54, 1.807) is 23.8 Å². The van der Waals surface area contributed by atoms with Crippen LogP contribution in [0, 0.1) is 0 Å². The summed E-state index contributed by atoms with van der Waals surface area (Å²) < 4.78 is 5.40. The molecule has 0 saturated heterocycles. The third kappa shape index (κ3) is 3.80. The second-order valence-electron chi connectivity index (χ2n) is 6.72. The maximum atomic E-state index is 13.3. The van der Waals surface area contributed by atoms with Crippen LogP contribution in [-0.4, -0.2) is 34.0 Å². The van der Waals surface area contributed by atoms with Crippen LogP contribution in [-0.2, 0) is 4.79 Å². The average Bonchev–Trinajstić information content (AvgIpc) is 3.30. The van der Waals surface area contributed by atoms with E-state index in [1.807, 2.05) is 72.8 Å². The molecule has 1 aliphatic rings. The standard InChI is InChI=1S/C23H18N4O2S2/c1-29-18-11-5-2-8-15(18)22-24-23(26-25-22)30-14-21(28)27-16-9-3-6-12-19(16)31-20-13-7-4-10-17(20)27/h2-13H,14H2,1H3,(H,24,25,26). The number of benzene rings is 3.